The highest BCUT2D eigenvalue weighted by Gasteiger charge is 2.10. The van der Waals surface area contributed by atoms with Crippen LogP contribution in [-0.2, 0) is 0 Å². The van der Waals surface area contributed by atoms with E-state index in [1.54, 1.807) is 6.08 Å². The van der Waals surface area contributed by atoms with E-state index < -0.39 is 5.97 Å². The fraction of sp³-hybridized carbons (Fsp3) is 0.833. The van der Waals surface area contributed by atoms with Crippen LogP contribution < -0.4 is 0 Å². The largest absolute Gasteiger partial charge is 0.340 e. The van der Waals surface area contributed by atoms with Gasteiger partial charge in [0.25, 0.3) is 5.97 Å². The summed E-state index contributed by atoms with van der Waals surface area (Å²) in [6.45, 7) is 2.20. The predicted octanol–water partition coefficient (Wildman–Crippen LogP) is 2.31. The maximum Gasteiger partial charge on any atom is 0.297 e. The topological polar surface area (TPSA) is 60.7 Å². The van der Waals surface area contributed by atoms with E-state index in [0.717, 1.165) is 18.9 Å². The van der Waals surface area contributed by atoms with E-state index in [4.69, 9.17) is 15.3 Å². The highest BCUT2D eigenvalue weighted by atomic mass is 16.7. The van der Waals surface area contributed by atoms with Crippen LogP contribution >= 0.6 is 0 Å². The number of hydrogen-bond acceptors (Lipinski definition) is 3. The van der Waals surface area contributed by atoms with E-state index in [0.29, 0.717) is 0 Å². The Morgan fingerprint density at radius 2 is 1.40 bits per heavy atom. The summed E-state index contributed by atoms with van der Waals surface area (Å²) in [7, 11) is 0. The van der Waals surface area contributed by atoms with Crippen LogP contribution in [0.1, 0.15) is 58.3 Å². The van der Waals surface area contributed by atoms with E-state index in [2.05, 4.69) is 6.92 Å². The molecule has 90 valence electrons. The molecule has 0 aliphatic carbocycles. The molecular weight excluding hydrogens is 192 g/mol. The van der Waals surface area contributed by atoms with E-state index in [1.165, 1.54) is 38.5 Å². The maximum absolute atomic E-state index is 8.54. The zero-order valence-electron chi connectivity index (χ0n) is 9.65. The van der Waals surface area contributed by atoms with Crippen molar-refractivity contribution in [1.29, 1.82) is 0 Å². The number of rotatable bonds is 9. The minimum absolute atomic E-state index is 0.789. The molecule has 0 unspecified atom stereocenters. The summed E-state index contributed by atoms with van der Waals surface area (Å²) in [4.78, 5) is 0. The summed E-state index contributed by atoms with van der Waals surface area (Å²) in [5, 5.41) is 25.6. The first kappa shape index (κ1) is 14.6. The number of unbranched alkanes of at least 4 members (excludes halogenated alkanes) is 7. The summed E-state index contributed by atoms with van der Waals surface area (Å²) < 4.78 is 0. The summed E-state index contributed by atoms with van der Waals surface area (Å²) >= 11 is 0. The molecule has 3 N–H and O–H groups in total. The fourth-order valence-electron chi connectivity index (χ4n) is 1.46. The molecule has 15 heavy (non-hydrogen) atoms. The summed E-state index contributed by atoms with van der Waals surface area (Å²) in [5.41, 5.74) is 0. The first-order valence-electron chi connectivity index (χ1n) is 5.91. The quantitative estimate of drug-likeness (QED) is 0.315. The molecule has 0 amide bonds. The van der Waals surface area contributed by atoms with Crippen LogP contribution in [0.4, 0.5) is 0 Å². The van der Waals surface area contributed by atoms with Crippen molar-refractivity contribution in [3.05, 3.63) is 12.2 Å². The van der Waals surface area contributed by atoms with Gasteiger partial charge in [-0.2, -0.15) is 0 Å². The molecule has 0 saturated heterocycles. The van der Waals surface area contributed by atoms with Gasteiger partial charge in [0, 0.05) is 0 Å². The van der Waals surface area contributed by atoms with Gasteiger partial charge in [0.15, 0.2) is 0 Å². The Hall–Kier alpha value is -0.380. The summed E-state index contributed by atoms with van der Waals surface area (Å²) in [6.07, 6.45) is 12.1. The summed E-state index contributed by atoms with van der Waals surface area (Å²) in [6, 6.07) is 0. The molecule has 0 aliphatic heterocycles. The van der Waals surface area contributed by atoms with Gasteiger partial charge in [0.2, 0.25) is 0 Å². The third kappa shape index (κ3) is 13.6. The highest BCUT2D eigenvalue weighted by Crippen LogP contribution is 2.09. The predicted molar refractivity (Wildman–Crippen MR) is 61.1 cm³/mol. The standard InChI is InChI=1S/C12H24O3/c1-2-3-4-5-6-7-8-9-10-11-12(13,14)15/h10-11,13-15H,2-9H2,1H3. The van der Waals surface area contributed by atoms with Gasteiger partial charge in [-0.05, 0) is 18.9 Å². The molecule has 0 aromatic rings. The molecule has 0 aromatic heterocycles. The van der Waals surface area contributed by atoms with Crippen molar-refractivity contribution < 1.29 is 15.3 Å². The number of allylic oxidation sites excluding steroid dienone is 1. The van der Waals surface area contributed by atoms with Gasteiger partial charge < -0.3 is 15.3 Å². The Balaban J connectivity index is 3.15. The monoisotopic (exact) mass is 216 g/mol. The van der Waals surface area contributed by atoms with Gasteiger partial charge in [-0.25, -0.2) is 0 Å². The van der Waals surface area contributed by atoms with Gasteiger partial charge >= 0.3 is 0 Å². The van der Waals surface area contributed by atoms with Crippen LogP contribution in [0.5, 0.6) is 0 Å². The van der Waals surface area contributed by atoms with Crippen LogP contribution in [-0.4, -0.2) is 21.3 Å². The average molecular weight is 216 g/mol. The molecule has 0 rings (SSSR count). The normalized spacial score (nSPS) is 12.5. The van der Waals surface area contributed by atoms with E-state index in [9.17, 15) is 0 Å². The molecule has 0 spiro atoms. The Bertz CT molecular complexity index is 159. The van der Waals surface area contributed by atoms with Crippen LogP contribution in [0.25, 0.3) is 0 Å². The second kappa shape index (κ2) is 8.89. The molecule has 0 fully saturated rings. The minimum atomic E-state index is -2.64. The first-order chi connectivity index (χ1) is 7.06. The van der Waals surface area contributed by atoms with Crippen molar-refractivity contribution in [2.75, 3.05) is 0 Å². The second-order valence-electron chi connectivity index (χ2n) is 4.00. The molecule has 0 radical (unpaired) electrons. The van der Waals surface area contributed by atoms with Gasteiger partial charge in [-0.3, -0.25) is 0 Å². The van der Waals surface area contributed by atoms with Gasteiger partial charge in [0.05, 0.1) is 0 Å². The van der Waals surface area contributed by atoms with E-state index in [1.807, 2.05) is 0 Å². The van der Waals surface area contributed by atoms with Crippen molar-refractivity contribution in [1.82, 2.24) is 0 Å². The molecule has 0 aromatic carbocycles. The van der Waals surface area contributed by atoms with Crippen LogP contribution in [0.15, 0.2) is 12.2 Å². The SMILES string of the molecule is CCCCCCCCCC=CC(O)(O)O. The minimum Gasteiger partial charge on any atom is -0.340 e. The average Bonchev–Trinajstić information content (AvgIpc) is 2.14. The second-order valence-corrected chi connectivity index (χ2v) is 4.00. The number of aliphatic hydroxyl groups is 3. The molecule has 0 saturated carbocycles. The Kier molecular flexibility index (Phi) is 8.67. The molecule has 3 heteroatoms. The lowest BCUT2D eigenvalue weighted by molar-refractivity contribution is -0.273. The third-order valence-corrected chi connectivity index (χ3v) is 2.32. The van der Waals surface area contributed by atoms with Crippen molar-refractivity contribution in [2.24, 2.45) is 0 Å². The Morgan fingerprint density at radius 1 is 0.867 bits per heavy atom. The molecule has 0 atom stereocenters. The lowest BCUT2D eigenvalue weighted by atomic mass is 10.1. The van der Waals surface area contributed by atoms with Gasteiger partial charge in [0.1, 0.15) is 0 Å². The maximum atomic E-state index is 8.54. The highest BCUT2D eigenvalue weighted by molar-refractivity contribution is 4.87. The molecule has 0 bridgehead atoms. The molecule has 0 aliphatic rings. The van der Waals surface area contributed by atoms with Crippen LogP contribution in [0.3, 0.4) is 0 Å². The molecule has 0 heterocycles. The Morgan fingerprint density at radius 3 is 1.93 bits per heavy atom. The molecular formula is C12H24O3. The lowest BCUT2D eigenvalue weighted by Gasteiger charge is -2.06. The van der Waals surface area contributed by atoms with Crippen molar-refractivity contribution >= 4 is 0 Å². The zero-order chi connectivity index (χ0) is 11.6. The van der Waals surface area contributed by atoms with E-state index in [-0.39, 0.29) is 0 Å². The smallest absolute Gasteiger partial charge is 0.297 e. The van der Waals surface area contributed by atoms with Crippen LogP contribution in [0, 0.1) is 0 Å². The third-order valence-electron chi connectivity index (χ3n) is 2.32. The number of hydrogen-bond donors (Lipinski definition) is 3. The van der Waals surface area contributed by atoms with Gasteiger partial charge in [-0.15, -0.1) is 0 Å². The van der Waals surface area contributed by atoms with Crippen LogP contribution in [0.2, 0.25) is 0 Å². The van der Waals surface area contributed by atoms with Crippen molar-refractivity contribution in [3.63, 3.8) is 0 Å². The fourth-order valence-corrected chi connectivity index (χ4v) is 1.46. The van der Waals surface area contributed by atoms with E-state index >= 15 is 0 Å². The van der Waals surface area contributed by atoms with Crippen molar-refractivity contribution in [2.45, 2.75) is 64.3 Å². The zero-order valence-corrected chi connectivity index (χ0v) is 9.65. The Labute approximate surface area is 92.4 Å². The molecule has 3 nitrogen and oxygen atoms in total. The first-order valence-corrected chi connectivity index (χ1v) is 5.91. The van der Waals surface area contributed by atoms with Crippen molar-refractivity contribution in [3.8, 4) is 0 Å². The summed E-state index contributed by atoms with van der Waals surface area (Å²) in [5.74, 6) is -2.64. The lowest BCUT2D eigenvalue weighted by Crippen LogP contribution is -2.23. The van der Waals surface area contributed by atoms with Gasteiger partial charge in [-0.1, -0.05) is 51.5 Å².